The quantitative estimate of drug-likeness (QED) is 0.701. The maximum Gasteiger partial charge on any atom is 0.251 e. The van der Waals surface area contributed by atoms with E-state index in [-0.39, 0.29) is 17.7 Å². The number of carbonyl (C=O) groups is 3. The number of aryl methyl sites for hydroxylation is 1. The van der Waals surface area contributed by atoms with Gasteiger partial charge in [0.15, 0.2) is 0 Å². The summed E-state index contributed by atoms with van der Waals surface area (Å²) in [7, 11) is 0. The molecule has 1 aliphatic heterocycles. The number of amides is 3. The second kappa shape index (κ2) is 7.65. The molecule has 1 aliphatic rings. The van der Waals surface area contributed by atoms with Gasteiger partial charge in [0, 0.05) is 29.9 Å². The normalized spacial score (nSPS) is 12.1. The van der Waals surface area contributed by atoms with Crippen LogP contribution in [0, 0.1) is 0 Å². The number of nitrogens with one attached hydrogen (secondary N) is 3. The molecule has 0 unspecified atom stereocenters. The van der Waals surface area contributed by atoms with E-state index in [1.807, 2.05) is 18.2 Å². The molecule has 3 rings (SSSR count). The molecule has 3 amide bonds. The lowest BCUT2D eigenvalue weighted by molar-refractivity contribution is -0.116. The fraction of sp³-hybridized carbons (Fsp3) is 0.150. The molecule has 0 atom stereocenters. The Morgan fingerprint density at radius 1 is 1.08 bits per heavy atom. The average Bonchev–Trinajstić information content (AvgIpc) is 3.01. The first-order valence-electron chi connectivity index (χ1n) is 8.28. The van der Waals surface area contributed by atoms with Crippen molar-refractivity contribution in [2.24, 2.45) is 0 Å². The summed E-state index contributed by atoms with van der Waals surface area (Å²) in [6.45, 7) is 3.94. The van der Waals surface area contributed by atoms with E-state index in [2.05, 4.69) is 22.5 Å². The van der Waals surface area contributed by atoms with Crippen molar-refractivity contribution in [3.8, 4) is 0 Å². The smallest absolute Gasteiger partial charge is 0.251 e. The standard InChI is InChI=1S/C20H19N3O3/c1-2-18(24)22-15-7-3-13(4-8-15)5-10-19(25)23-16-9-6-14-12-21-20(26)17(14)11-16/h2-4,6-9,11H,1,5,10,12H2,(H,21,26)(H,22,24)(H,23,25). The third-order valence-electron chi connectivity index (χ3n) is 4.13. The van der Waals surface area contributed by atoms with Crippen LogP contribution in [0.1, 0.15) is 27.9 Å². The number of hydrogen-bond acceptors (Lipinski definition) is 3. The summed E-state index contributed by atoms with van der Waals surface area (Å²) in [6.07, 6.45) is 2.11. The van der Waals surface area contributed by atoms with Gasteiger partial charge in [-0.1, -0.05) is 24.8 Å². The van der Waals surface area contributed by atoms with Crippen LogP contribution >= 0.6 is 0 Å². The first-order valence-corrected chi connectivity index (χ1v) is 8.28. The predicted molar refractivity (Wildman–Crippen MR) is 99.8 cm³/mol. The third kappa shape index (κ3) is 4.16. The van der Waals surface area contributed by atoms with Gasteiger partial charge in [0.05, 0.1) is 0 Å². The summed E-state index contributed by atoms with van der Waals surface area (Å²) in [6, 6.07) is 12.7. The Hall–Kier alpha value is -3.41. The molecule has 2 aromatic rings. The van der Waals surface area contributed by atoms with Crippen molar-refractivity contribution in [3.05, 3.63) is 71.8 Å². The topological polar surface area (TPSA) is 87.3 Å². The van der Waals surface area contributed by atoms with Crippen LogP contribution < -0.4 is 16.0 Å². The van der Waals surface area contributed by atoms with Crippen molar-refractivity contribution in [2.75, 3.05) is 10.6 Å². The van der Waals surface area contributed by atoms with Crippen molar-refractivity contribution < 1.29 is 14.4 Å². The predicted octanol–water partition coefficient (Wildman–Crippen LogP) is 2.63. The number of hydrogen-bond donors (Lipinski definition) is 3. The first-order chi connectivity index (χ1) is 12.5. The van der Waals surface area contributed by atoms with Crippen molar-refractivity contribution in [1.29, 1.82) is 0 Å². The monoisotopic (exact) mass is 349 g/mol. The van der Waals surface area contributed by atoms with Crippen LogP contribution in [0.2, 0.25) is 0 Å². The van der Waals surface area contributed by atoms with Gasteiger partial charge in [-0.2, -0.15) is 0 Å². The molecule has 0 bridgehead atoms. The van der Waals surface area contributed by atoms with Crippen LogP contribution in [-0.2, 0) is 22.6 Å². The highest BCUT2D eigenvalue weighted by Crippen LogP contribution is 2.20. The Morgan fingerprint density at radius 3 is 2.54 bits per heavy atom. The molecule has 2 aromatic carbocycles. The molecule has 132 valence electrons. The van der Waals surface area contributed by atoms with Gasteiger partial charge in [0.25, 0.3) is 5.91 Å². The first kappa shape index (κ1) is 17.4. The number of carbonyl (C=O) groups excluding carboxylic acids is 3. The van der Waals surface area contributed by atoms with Crippen LogP contribution in [0.25, 0.3) is 0 Å². The summed E-state index contributed by atoms with van der Waals surface area (Å²) >= 11 is 0. The molecule has 0 radical (unpaired) electrons. The summed E-state index contributed by atoms with van der Waals surface area (Å²) in [5.41, 5.74) is 3.84. The van der Waals surface area contributed by atoms with E-state index in [4.69, 9.17) is 0 Å². The third-order valence-corrected chi connectivity index (χ3v) is 4.13. The summed E-state index contributed by atoms with van der Waals surface area (Å²) in [4.78, 5) is 35.1. The zero-order chi connectivity index (χ0) is 18.5. The van der Waals surface area contributed by atoms with Gasteiger partial charge >= 0.3 is 0 Å². The van der Waals surface area contributed by atoms with Gasteiger partial charge in [0.1, 0.15) is 0 Å². The summed E-state index contributed by atoms with van der Waals surface area (Å²) < 4.78 is 0. The Bertz CT molecular complexity index is 872. The van der Waals surface area contributed by atoms with E-state index in [9.17, 15) is 14.4 Å². The largest absolute Gasteiger partial charge is 0.348 e. The van der Waals surface area contributed by atoms with E-state index in [1.165, 1.54) is 6.08 Å². The van der Waals surface area contributed by atoms with Crippen LogP contribution in [0.4, 0.5) is 11.4 Å². The summed E-state index contributed by atoms with van der Waals surface area (Å²) in [5, 5.41) is 8.24. The second-order valence-corrected chi connectivity index (χ2v) is 5.99. The van der Waals surface area contributed by atoms with Crippen molar-refractivity contribution >= 4 is 29.1 Å². The number of rotatable bonds is 6. The van der Waals surface area contributed by atoms with Crippen LogP contribution in [-0.4, -0.2) is 17.7 Å². The molecule has 0 spiro atoms. The molecule has 26 heavy (non-hydrogen) atoms. The lowest BCUT2D eigenvalue weighted by Crippen LogP contribution is -2.14. The van der Waals surface area contributed by atoms with Gasteiger partial charge < -0.3 is 16.0 Å². The zero-order valence-electron chi connectivity index (χ0n) is 14.2. The van der Waals surface area contributed by atoms with E-state index in [0.29, 0.717) is 36.3 Å². The van der Waals surface area contributed by atoms with Gasteiger partial charge in [-0.3, -0.25) is 14.4 Å². The van der Waals surface area contributed by atoms with Gasteiger partial charge in [-0.15, -0.1) is 0 Å². The minimum Gasteiger partial charge on any atom is -0.348 e. The fourth-order valence-electron chi connectivity index (χ4n) is 2.72. The number of fused-ring (bicyclic) bond motifs is 1. The minimum absolute atomic E-state index is 0.111. The lowest BCUT2D eigenvalue weighted by atomic mass is 10.1. The van der Waals surface area contributed by atoms with E-state index >= 15 is 0 Å². The fourth-order valence-corrected chi connectivity index (χ4v) is 2.72. The molecule has 0 saturated heterocycles. The molecule has 0 aliphatic carbocycles. The number of anilines is 2. The van der Waals surface area contributed by atoms with Crippen LogP contribution in [0.3, 0.4) is 0 Å². The lowest BCUT2D eigenvalue weighted by Gasteiger charge is -2.07. The van der Waals surface area contributed by atoms with Crippen molar-refractivity contribution in [2.45, 2.75) is 19.4 Å². The molecule has 0 aromatic heterocycles. The highest BCUT2D eigenvalue weighted by molar-refractivity contribution is 6.00. The molecular weight excluding hydrogens is 330 g/mol. The molecular formula is C20H19N3O3. The molecule has 6 heteroatoms. The van der Waals surface area contributed by atoms with Gasteiger partial charge in [-0.25, -0.2) is 0 Å². The van der Waals surface area contributed by atoms with E-state index < -0.39 is 0 Å². The van der Waals surface area contributed by atoms with E-state index in [1.54, 1.807) is 24.3 Å². The molecule has 3 N–H and O–H groups in total. The van der Waals surface area contributed by atoms with Gasteiger partial charge in [-0.05, 0) is 47.9 Å². The second-order valence-electron chi connectivity index (χ2n) is 5.99. The molecule has 0 saturated carbocycles. The number of benzene rings is 2. The van der Waals surface area contributed by atoms with Crippen molar-refractivity contribution in [3.63, 3.8) is 0 Å². The molecule has 0 fully saturated rings. The molecule has 1 heterocycles. The van der Waals surface area contributed by atoms with Crippen molar-refractivity contribution in [1.82, 2.24) is 5.32 Å². The average molecular weight is 349 g/mol. The minimum atomic E-state index is -0.264. The molecule has 6 nitrogen and oxygen atoms in total. The Balaban J connectivity index is 1.53. The van der Waals surface area contributed by atoms with Crippen LogP contribution in [0.5, 0.6) is 0 Å². The maximum atomic E-state index is 12.1. The zero-order valence-corrected chi connectivity index (χ0v) is 14.2. The SMILES string of the molecule is C=CC(=O)Nc1ccc(CCC(=O)Nc2ccc3c(c2)C(=O)NC3)cc1. The Morgan fingerprint density at radius 2 is 1.81 bits per heavy atom. The highest BCUT2D eigenvalue weighted by Gasteiger charge is 2.19. The van der Waals surface area contributed by atoms with Crippen LogP contribution in [0.15, 0.2) is 55.1 Å². The summed E-state index contributed by atoms with van der Waals surface area (Å²) in [5.74, 6) is -0.493. The van der Waals surface area contributed by atoms with Gasteiger partial charge in [0.2, 0.25) is 11.8 Å². The highest BCUT2D eigenvalue weighted by atomic mass is 16.2. The maximum absolute atomic E-state index is 12.1. The van der Waals surface area contributed by atoms with E-state index in [0.717, 1.165) is 11.1 Å². The Labute approximate surface area is 151 Å². The Kier molecular flexibility index (Phi) is 5.12.